The Morgan fingerprint density at radius 1 is 1.12 bits per heavy atom. The highest BCUT2D eigenvalue weighted by Crippen LogP contribution is 2.43. The smallest absolute Gasteiger partial charge is 0.411 e. The third-order valence-electron chi connectivity index (χ3n) is 9.62. The van der Waals surface area contributed by atoms with Gasteiger partial charge in [-0.05, 0) is 82.5 Å². The van der Waals surface area contributed by atoms with Gasteiger partial charge < -0.3 is 25.4 Å². The van der Waals surface area contributed by atoms with E-state index in [1.54, 1.807) is 26.8 Å². The Bertz CT molecular complexity index is 1200. The summed E-state index contributed by atoms with van der Waals surface area (Å²) in [7, 11) is 0. The van der Waals surface area contributed by atoms with Gasteiger partial charge in [-0.15, -0.1) is 0 Å². The van der Waals surface area contributed by atoms with Crippen molar-refractivity contribution in [3.8, 4) is 0 Å². The zero-order valence-electron chi connectivity index (χ0n) is 24.2. The van der Waals surface area contributed by atoms with Gasteiger partial charge >= 0.3 is 6.09 Å². The predicted molar refractivity (Wildman–Crippen MR) is 150 cm³/mol. The van der Waals surface area contributed by atoms with Crippen molar-refractivity contribution in [2.45, 2.75) is 88.7 Å². The van der Waals surface area contributed by atoms with E-state index in [2.05, 4.69) is 15.1 Å². The number of nitrogens with two attached hydrogens (primary N) is 1. The van der Waals surface area contributed by atoms with E-state index in [1.165, 1.54) is 11.0 Å². The number of hydrogen-bond acceptors (Lipinski definition) is 7. The molecular formula is C30H42FN5O5. The van der Waals surface area contributed by atoms with E-state index in [1.807, 2.05) is 6.07 Å². The van der Waals surface area contributed by atoms with E-state index >= 15 is 4.39 Å². The van der Waals surface area contributed by atoms with Crippen molar-refractivity contribution in [1.29, 1.82) is 0 Å². The number of carbonyl (C=O) groups is 3. The Kier molecular flexibility index (Phi) is 7.38. The summed E-state index contributed by atoms with van der Waals surface area (Å²) >= 11 is 0. The maximum absolute atomic E-state index is 15.4. The van der Waals surface area contributed by atoms with Crippen molar-refractivity contribution in [3.63, 3.8) is 0 Å². The van der Waals surface area contributed by atoms with Crippen molar-refractivity contribution in [1.82, 2.24) is 15.1 Å². The molecular weight excluding hydrogens is 529 g/mol. The second-order valence-corrected chi connectivity index (χ2v) is 13.5. The number of ether oxygens (including phenoxy) is 2. The van der Waals surface area contributed by atoms with Crippen molar-refractivity contribution < 1.29 is 28.2 Å². The first kappa shape index (κ1) is 28.2. The Labute approximate surface area is 240 Å². The highest BCUT2D eigenvalue weighted by Gasteiger charge is 2.53. The molecule has 5 unspecified atom stereocenters. The molecule has 5 fully saturated rings. The number of fused-ring (bicyclic) bond motifs is 3. The Morgan fingerprint density at radius 3 is 2.56 bits per heavy atom. The standard InChI is InChI=1S/C30H42FN5O5/c1-30(2,3)41-29(39)36-21-7-5-18(10-21)26(36)28(38)33-24(27(32)37)11-17-4-6-20(12-23(17)31)34-13-19-8-9-35(25(19)14-34)22-15-40-16-22/h4,6,12,18-19,21-22,24-26H,5,7-11,13-16H2,1-3H3,(H2,32,37)(H,33,38)/t18?,19?,21?,24-,25?,26?/m0/s1. The normalized spacial score (nSPS) is 30.3. The van der Waals surface area contributed by atoms with Gasteiger partial charge in [-0.3, -0.25) is 19.4 Å². The highest BCUT2D eigenvalue weighted by atomic mass is 19.1. The van der Waals surface area contributed by atoms with Crippen LogP contribution in [-0.4, -0.2) is 96.4 Å². The molecule has 10 nitrogen and oxygen atoms in total. The number of carbonyl (C=O) groups excluding carboxylic acids is 3. The Hall–Kier alpha value is -2.92. The van der Waals surface area contributed by atoms with Gasteiger partial charge in [0.1, 0.15) is 23.5 Å². The summed E-state index contributed by atoms with van der Waals surface area (Å²) in [5, 5.41) is 2.73. The first-order chi connectivity index (χ1) is 19.5. The quantitative estimate of drug-likeness (QED) is 0.514. The minimum atomic E-state index is -1.10. The molecule has 3 amide bonds. The van der Waals surface area contributed by atoms with Gasteiger partial charge in [-0.25, -0.2) is 9.18 Å². The van der Waals surface area contributed by atoms with Crippen molar-refractivity contribution in [3.05, 3.63) is 29.6 Å². The second-order valence-electron chi connectivity index (χ2n) is 13.5. The maximum atomic E-state index is 15.4. The van der Waals surface area contributed by atoms with Gasteiger partial charge in [-0.1, -0.05) is 6.07 Å². The van der Waals surface area contributed by atoms with Gasteiger partial charge in [0.2, 0.25) is 11.8 Å². The van der Waals surface area contributed by atoms with Gasteiger partial charge in [0.25, 0.3) is 0 Å². The van der Waals surface area contributed by atoms with E-state index < -0.39 is 41.4 Å². The lowest BCUT2D eigenvalue weighted by Gasteiger charge is -2.38. The van der Waals surface area contributed by atoms with Crippen LogP contribution in [0.3, 0.4) is 0 Å². The molecule has 6 rings (SSSR count). The number of halogens is 1. The van der Waals surface area contributed by atoms with Crippen LogP contribution >= 0.6 is 0 Å². The molecule has 0 radical (unpaired) electrons. The molecule has 1 aromatic carbocycles. The molecule has 0 aromatic heterocycles. The molecule has 224 valence electrons. The number of nitrogens with zero attached hydrogens (tertiary/aromatic N) is 3. The number of likely N-dealkylation sites (tertiary alicyclic amines) is 2. The zero-order valence-corrected chi connectivity index (χ0v) is 24.2. The van der Waals surface area contributed by atoms with Crippen LogP contribution in [0, 0.1) is 17.7 Å². The van der Waals surface area contributed by atoms with E-state index in [0.717, 1.165) is 64.2 Å². The van der Waals surface area contributed by atoms with Gasteiger partial charge in [0.05, 0.1) is 19.3 Å². The number of amides is 3. The molecule has 2 bridgehead atoms. The molecule has 1 aromatic rings. The number of rotatable bonds is 7. The summed E-state index contributed by atoms with van der Waals surface area (Å²) < 4.78 is 26.4. The summed E-state index contributed by atoms with van der Waals surface area (Å²) in [4.78, 5) is 45.1. The summed E-state index contributed by atoms with van der Waals surface area (Å²) in [5.74, 6) is -1.07. The van der Waals surface area contributed by atoms with E-state index in [-0.39, 0.29) is 18.4 Å². The van der Waals surface area contributed by atoms with Crippen LogP contribution in [0.4, 0.5) is 14.9 Å². The van der Waals surface area contributed by atoms with Crippen LogP contribution in [-0.2, 0) is 25.5 Å². The fourth-order valence-corrected chi connectivity index (χ4v) is 7.57. The minimum absolute atomic E-state index is 0.00948. The second kappa shape index (κ2) is 10.7. The molecule has 6 atom stereocenters. The van der Waals surface area contributed by atoms with Crippen LogP contribution < -0.4 is 16.0 Å². The fourth-order valence-electron chi connectivity index (χ4n) is 7.57. The molecule has 1 saturated carbocycles. The maximum Gasteiger partial charge on any atom is 0.411 e. The summed E-state index contributed by atoms with van der Waals surface area (Å²) in [6, 6.07) is 4.15. The molecule has 11 heteroatoms. The Balaban J connectivity index is 1.11. The number of piperidine rings is 1. The molecule has 41 heavy (non-hydrogen) atoms. The van der Waals surface area contributed by atoms with Crippen molar-refractivity contribution in [2.24, 2.45) is 17.6 Å². The zero-order chi connectivity index (χ0) is 29.1. The summed E-state index contributed by atoms with van der Waals surface area (Å²) in [6.45, 7) is 9.80. The van der Waals surface area contributed by atoms with E-state index in [4.69, 9.17) is 15.2 Å². The first-order valence-electron chi connectivity index (χ1n) is 15.0. The molecule has 3 N–H and O–H groups in total. The number of primary amides is 1. The number of benzene rings is 1. The molecule has 4 saturated heterocycles. The number of nitrogens with one attached hydrogen (secondary N) is 1. The van der Waals surface area contributed by atoms with Gasteiger partial charge in [0, 0.05) is 37.3 Å². The Morgan fingerprint density at radius 2 is 1.90 bits per heavy atom. The minimum Gasteiger partial charge on any atom is -0.444 e. The molecule has 4 aliphatic heterocycles. The number of anilines is 1. The molecule has 0 spiro atoms. The fraction of sp³-hybridized carbons (Fsp3) is 0.700. The van der Waals surface area contributed by atoms with Crippen LogP contribution in [0.2, 0.25) is 0 Å². The van der Waals surface area contributed by atoms with Crippen LogP contribution in [0.5, 0.6) is 0 Å². The molecule has 5 aliphatic rings. The predicted octanol–water partition coefficient (Wildman–Crippen LogP) is 2.04. The third-order valence-corrected chi connectivity index (χ3v) is 9.62. The SMILES string of the molecule is CC(C)(C)OC(=O)N1C2CCC(C2)C1C(=O)N[C@@H](Cc1ccc(N2CC3CCN(C4COC4)C3C2)cc1F)C(N)=O. The largest absolute Gasteiger partial charge is 0.444 e. The molecule has 1 aliphatic carbocycles. The topological polar surface area (TPSA) is 117 Å². The summed E-state index contributed by atoms with van der Waals surface area (Å²) in [6.07, 6.45) is 2.91. The van der Waals surface area contributed by atoms with Gasteiger partial charge in [-0.2, -0.15) is 0 Å². The molecule has 4 heterocycles. The lowest BCUT2D eigenvalue weighted by Crippen LogP contribution is -2.57. The van der Waals surface area contributed by atoms with Gasteiger partial charge in [0.15, 0.2) is 0 Å². The van der Waals surface area contributed by atoms with E-state index in [0.29, 0.717) is 23.6 Å². The van der Waals surface area contributed by atoms with E-state index in [9.17, 15) is 14.4 Å². The first-order valence-corrected chi connectivity index (χ1v) is 15.0. The van der Waals surface area contributed by atoms with Crippen molar-refractivity contribution >= 4 is 23.6 Å². The average molecular weight is 572 g/mol. The highest BCUT2D eigenvalue weighted by molar-refractivity contribution is 5.91. The summed E-state index contributed by atoms with van der Waals surface area (Å²) in [5.41, 5.74) is 6.10. The number of hydrogen-bond donors (Lipinski definition) is 2. The lowest BCUT2D eigenvalue weighted by atomic mass is 9.97. The van der Waals surface area contributed by atoms with Crippen LogP contribution in [0.15, 0.2) is 18.2 Å². The average Bonchev–Trinajstić information content (AvgIpc) is 3.64. The van der Waals surface area contributed by atoms with Crippen LogP contribution in [0.1, 0.15) is 52.0 Å². The lowest BCUT2D eigenvalue weighted by molar-refractivity contribution is -0.132. The monoisotopic (exact) mass is 571 g/mol. The van der Waals surface area contributed by atoms with Crippen LogP contribution in [0.25, 0.3) is 0 Å². The van der Waals surface area contributed by atoms with Crippen molar-refractivity contribution in [2.75, 3.05) is 37.7 Å². The third kappa shape index (κ3) is 5.50.